The summed E-state index contributed by atoms with van der Waals surface area (Å²) in [6.07, 6.45) is 2.80. The summed E-state index contributed by atoms with van der Waals surface area (Å²) in [5, 5.41) is 4.22. The monoisotopic (exact) mass is 493 g/mol. The van der Waals surface area contributed by atoms with Crippen molar-refractivity contribution in [3.05, 3.63) is 64.5 Å². The molecule has 1 aliphatic carbocycles. The van der Waals surface area contributed by atoms with E-state index in [0.29, 0.717) is 15.7 Å². The number of hydrogen-bond acceptors (Lipinski definition) is 7. The molecule has 0 atom stereocenters. The van der Waals surface area contributed by atoms with Crippen molar-refractivity contribution in [1.82, 2.24) is 9.55 Å². The minimum atomic E-state index is -0.399. The fraction of sp³-hybridized carbons (Fsp3) is 0.240. The largest absolute Gasteiger partial charge is 0.497 e. The van der Waals surface area contributed by atoms with Crippen molar-refractivity contribution >= 4 is 51.0 Å². The predicted octanol–water partition coefficient (Wildman–Crippen LogP) is 5.10. The van der Waals surface area contributed by atoms with Crippen LogP contribution in [0.25, 0.3) is 16.7 Å². The van der Waals surface area contributed by atoms with Crippen molar-refractivity contribution in [3.8, 4) is 11.4 Å². The second kappa shape index (κ2) is 9.52. The van der Waals surface area contributed by atoms with Gasteiger partial charge in [0.15, 0.2) is 5.16 Å². The summed E-state index contributed by atoms with van der Waals surface area (Å²) in [7, 11) is 3.00. The molecule has 0 unspecified atom stereocenters. The van der Waals surface area contributed by atoms with Crippen LogP contribution in [0.3, 0.4) is 0 Å². The third-order valence-corrected chi connectivity index (χ3v) is 7.90. The third-order valence-electron chi connectivity index (χ3n) is 5.76. The molecule has 0 radical (unpaired) electrons. The van der Waals surface area contributed by atoms with Gasteiger partial charge in [-0.3, -0.25) is 9.36 Å². The number of anilines is 1. The molecule has 0 saturated heterocycles. The van der Waals surface area contributed by atoms with E-state index in [1.165, 1.54) is 30.2 Å². The van der Waals surface area contributed by atoms with Crippen LogP contribution in [0.15, 0.2) is 53.7 Å². The highest BCUT2D eigenvalue weighted by atomic mass is 32.2. The van der Waals surface area contributed by atoms with Gasteiger partial charge in [0.25, 0.3) is 0 Å². The number of benzene rings is 2. The summed E-state index contributed by atoms with van der Waals surface area (Å²) >= 11 is 2.83. The van der Waals surface area contributed by atoms with E-state index in [1.54, 1.807) is 7.11 Å². The lowest BCUT2D eigenvalue weighted by atomic mass is 10.1. The minimum Gasteiger partial charge on any atom is -0.497 e. The molecule has 7 nitrogen and oxygen atoms in total. The van der Waals surface area contributed by atoms with Gasteiger partial charge >= 0.3 is 5.97 Å². The number of ether oxygens (including phenoxy) is 2. The summed E-state index contributed by atoms with van der Waals surface area (Å²) in [6, 6.07) is 15.6. The average Bonchev–Trinajstić information content (AvgIpc) is 3.55. The molecule has 1 aliphatic rings. The maximum absolute atomic E-state index is 12.9. The van der Waals surface area contributed by atoms with Crippen LogP contribution in [-0.2, 0) is 22.4 Å². The number of rotatable bonds is 7. The number of thiophene rings is 1. The van der Waals surface area contributed by atoms with Gasteiger partial charge in [0.1, 0.15) is 10.8 Å². The van der Waals surface area contributed by atoms with E-state index < -0.39 is 5.97 Å². The lowest BCUT2D eigenvalue weighted by Gasteiger charge is -2.10. The van der Waals surface area contributed by atoms with Crippen LogP contribution in [0.4, 0.5) is 5.00 Å². The van der Waals surface area contributed by atoms with Crippen LogP contribution in [-0.4, -0.2) is 41.4 Å². The highest BCUT2D eigenvalue weighted by Gasteiger charge is 2.28. The van der Waals surface area contributed by atoms with Gasteiger partial charge in [-0.05, 0) is 61.2 Å². The van der Waals surface area contributed by atoms with Gasteiger partial charge in [0, 0.05) is 10.6 Å². The van der Waals surface area contributed by atoms with Crippen molar-refractivity contribution < 1.29 is 19.1 Å². The highest BCUT2D eigenvalue weighted by molar-refractivity contribution is 7.99. The van der Waals surface area contributed by atoms with Gasteiger partial charge in [-0.2, -0.15) is 0 Å². The molecule has 0 bridgehead atoms. The third kappa shape index (κ3) is 4.17. The van der Waals surface area contributed by atoms with Crippen molar-refractivity contribution in [1.29, 1.82) is 0 Å². The summed E-state index contributed by atoms with van der Waals surface area (Å²) < 4.78 is 12.3. The maximum Gasteiger partial charge on any atom is 0.341 e. The van der Waals surface area contributed by atoms with Crippen LogP contribution in [0.5, 0.6) is 5.75 Å². The van der Waals surface area contributed by atoms with Gasteiger partial charge in [-0.1, -0.05) is 23.9 Å². The van der Waals surface area contributed by atoms with Crippen LogP contribution in [0, 0.1) is 0 Å². The second-order valence-corrected chi connectivity index (χ2v) is 9.85. The van der Waals surface area contributed by atoms with Gasteiger partial charge in [-0.25, -0.2) is 9.78 Å². The molecule has 1 N–H and O–H groups in total. The van der Waals surface area contributed by atoms with Crippen LogP contribution in [0.2, 0.25) is 0 Å². The molecule has 1 amide bonds. The van der Waals surface area contributed by atoms with Crippen molar-refractivity contribution in [2.45, 2.75) is 24.4 Å². The fourth-order valence-electron chi connectivity index (χ4n) is 4.18. The van der Waals surface area contributed by atoms with Crippen molar-refractivity contribution in [2.75, 3.05) is 25.3 Å². The number of carbonyl (C=O) groups excluding carboxylic acids is 2. The number of esters is 1. The van der Waals surface area contributed by atoms with Crippen molar-refractivity contribution in [2.24, 2.45) is 0 Å². The number of para-hydroxylation sites is 2. The summed E-state index contributed by atoms with van der Waals surface area (Å²) in [5.74, 6) is 0.334. The molecular weight excluding hydrogens is 470 g/mol. The molecule has 2 aromatic heterocycles. The van der Waals surface area contributed by atoms with E-state index in [2.05, 4.69) is 5.32 Å². The summed E-state index contributed by atoms with van der Waals surface area (Å²) in [5.41, 5.74) is 4.26. The molecule has 0 spiro atoms. The Hall–Kier alpha value is -3.30. The Labute approximate surface area is 205 Å². The zero-order valence-electron chi connectivity index (χ0n) is 18.8. The number of amides is 1. The first-order chi connectivity index (χ1) is 16.6. The van der Waals surface area contributed by atoms with E-state index >= 15 is 0 Å². The average molecular weight is 494 g/mol. The Kier molecular flexibility index (Phi) is 6.30. The molecule has 0 aliphatic heterocycles. The quantitative estimate of drug-likeness (QED) is 0.285. The van der Waals surface area contributed by atoms with E-state index in [9.17, 15) is 9.59 Å². The number of methoxy groups -OCH3 is 2. The van der Waals surface area contributed by atoms with Crippen LogP contribution >= 0.6 is 23.1 Å². The molecule has 0 fully saturated rings. The van der Waals surface area contributed by atoms with Crippen LogP contribution < -0.4 is 10.1 Å². The number of imidazole rings is 1. The van der Waals surface area contributed by atoms with Gasteiger partial charge < -0.3 is 14.8 Å². The molecule has 5 rings (SSSR count). The lowest BCUT2D eigenvalue weighted by Crippen LogP contribution is -2.16. The first-order valence-electron chi connectivity index (χ1n) is 10.9. The predicted molar refractivity (Wildman–Crippen MR) is 135 cm³/mol. The molecule has 9 heteroatoms. The van der Waals surface area contributed by atoms with E-state index in [4.69, 9.17) is 14.5 Å². The fourth-order valence-corrected chi connectivity index (χ4v) is 6.31. The van der Waals surface area contributed by atoms with E-state index in [0.717, 1.165) is 52.2 Å². The van der Waals surface area contributed by atoms with Gasteiger partial charge in [0.2, 0.25) is 5.91 Å². The topological polar surface area (TPSA) is 82.5 Å². The maximum atomic E-state index is 12.9. The Morgan fingerprint density at radius 3 is 2.68 bits per heavy atom. The summed E-state index contributed by atoms with van der Waals surface area (Å²) in [6.45, 7) is 0. The number of thioether (sulfide) groups is 1. The number of hydrogen-bond donors (Lipinski definition) is 1. The smallest absolute Gasteiger partial charge is 0.341 e. The number of carbonyl (C=O) groups is 2. The van der Waals surface area contributed by atoms with Crippen LogP contribution in [0.1, 0.15) is 27.2 Å². The number of aromatic nitrogens is 2. The first kappa shape index (κ1) is 22.5. The van der Waals surface area contributed by atoms with Gasteiger partial charge in [-0.15, -0.1) is 11.3 Å². The highest BCUT2D eigenvalue weighted by Crippen LogP contribution is 2.39. The Morgan fingerprint density at radius 2 is 1.91 bits per heavy atom. The SMILES string of the molecule is COC(=O)c1c(NC(=O)CSc2nc3ccccc3n2-c2ccc(OC)cc2)sc2c1CCC2. The normalized spacial score (nSPS) is 12.5. The zero-order chi connectivity index (χ0) is 23.7. The second-order valence-electron chi connectivity index (χ2n) is 7.81. The number of fused-ring (bicyclic) bond motifs is 2. The Balaban J connectivity index is 1.39. The lowest BCUT2D eigenvalue weighted by molar-refractivity contribution is -0.113. The molecular formula is C25H23N3O4S2. The molecule has 0 saturated carbocycles. The molecule has 34 heavy (non-hydrogen) atoms. The molecule has 4 aromatic rings. The molecule has 2 heterocycles. The molecule has 2 aromatic carbocycles. The standard InChI is InChI=1S/C25H23N3O4S2/c1-31-16-12-10-15(11-13-16)28-19-8-4-3-7-18(19)26-25(28)33-14-21(29)27-23-22(24(30)32-2)17-6-5-9-20(17)34-23/h3-4,7-8,10-13H,5-6,9,14H2,1-2H3,(H,27,29). The Bertz CT molecular complexity index is 1380. The zero-order valence-corrected chi connectivity index (χ0v) is 20.4. The number of nitrogens with one attached hydrogen (secondary N) is 1. The van der Waals surface area contributed by atoms with E-state index in [1.807, 2.05) is 53.1 Å². The number of aryl methyl sites for hydroxylation is 1. The number of nitrogens with zero attached hydrogens (tertiary/aromatic N) is 2. The minimum absolute atomic E-state index is 0.155. The summed E-state index contributed by atoms with van der Waals surface area (Å²) in [4.78, 5) is 31.2. The van der Waals surface area contributed by atoms with Gasteiger partial charge in [0.05, 0.1) is 36.6 Å². The molecule has 174 valence electrons. The first-order valence-corrected chi connectivity index (χ1v) is 12.7. The Morgan fingerprint density at radius 1 is 1.12 bits per heavy atom. The van der Waals surface area contributed by atoms with Crippen molar-refractivity contribution in [3.63, 3.8) is 0 Å². The van der Waals surface area contributed by atoms with E-state index in [-0.39, 0.29) is 11.7 Å².